The number of allylic oxidation sites excluding steroid dienone is 5. The highest BCUT2D eigenvalue weighted by atomic mass is 16.5. The van der Waals surface area contributed by atoms with E-state index in [1.807, 2.05) is 38.1 Å². The van der Waals surface area contributed by atoms with Crippen LogP contribution in [0, 0.1) is 17.8 Å². The Kier molecular flexibility index (Phi) is 11.7. The van der Waals surface area contributed by atoms with Crippen LogP contribution in [-0.2, 0) is 6.42 Å². The van der Waals surface area contributed by atoms with Crippen molar-refractivity contribution >= 4 is 5.95 Å². The molecule has 2 N–H and O–H groups in total. The van der Waals surface area contributed by atoms with E-state index in [2.05, 4.69) is 51.8 Å². The summed E-state index contributed by atoms with van der Waals surface area (Å²) in [6.07, 6.45) is 15.6. The van der Waals surface area contributed by atoms with Crippen molar-refractivity contribution in [3.8, 4) is 23.2 Å². The number of methoxy groups -OCH3 is 2. The number of nitrogens with two attached hydrogens (primary N) is 1. The smallest absolute Gasteiger partial charge is 0.240 e. The molecule has 9 heteroatoms. The van der Waals surface area contributed by atoms with Gasteiger partial charge >= 0.3 is 0 Å². The van der Waals surface area contributed by atoms with Gasteiger partial charge in [-0.3, -0.25) is 0 Å². The quantitative estimate of drug-likeness (QED) is 0.205. The molecule has 4 rings (SSSR count). The lowest BCUT2D eigenvalue weighted by Crippen LogP contribution is -2.32. The van der Waals surface area contributed by atoms with Gasteiger partial charge in [0.1, 0.15) is 12.2 Å². The Morgan fingerprint density at radius 1 is 1.10 bits per heavy atom. The molecule has 40 heavy (non-hydrogen) atoms. The van der Waals surface area contributed by atoms with Crippen molar-refractivity contribution in [3.63, 3.8) is 0 Å². The van der Waals surface area contributed by atoms with Gasteiger partial charge in [-0.05, 0) is 54.7 Å². The third kappa shape index (κ3) is 8.18. The van der Waals surface area contributed by atoms with E-state index < -0.39 is 0 Å². The Morgan fingerprint density at radius 3 is 2.60 bits per heavy atom. The zero-order valence-corrected chi connectivity index (χ0v) is 24.3. The van der Waals surface area contributed by atoms with Crippen molar-refractivity contribution in [1.29, 1.82) is 0 Å². The largest absolute Gasteiger partial charge is 0.493 e. The molecule has 1 unspecified atom stereocenters. The molecule has 1 atom stereocenters. The predicted molar refractivity (Wildman–Crippen MR) is 159 cm³/mol. The Hall–Kier alpha value is -4.14. The topological polar surface area (TPSA) is 110 Å². The standard InChI is InChI=1S/C29H36N6O3.C2H6/c1-5-6-7-8-9-10-20(2)23-13-22(14-23)18-38-28-17-26(31-19-32-28)35-27(33-29(30)34-35)16-21-11-12-24(36-3)25(15-21)37-4;1-2/h5-7,9-12,15,17,19-20,22-23H,1,8,13-14,16,18H2,2-4H3,(H2,30,34);1-2H3/b7-6-,10-9-;. The number of ether oxygens (including phenoxy) is 3. The summed E-state index contributed by atoms with van der Waals surface area (Å²) in [6, 6.07) is 7.49. The van der Waals surface area contributed by atoms with Crippen LogP contribution in [0.5, 0.6) is 17.4 Å². The van der Waals surface area contributed by atoms with Crippen LogP contribution in [0.15, 0.2) is 67.6 Å². The molecular formula is C31H42N6O3. The molecule has 0 spiro atoms. The number of hydrogen-bond donors (Lipinski definition) is 1. The van der Waals surface area contributed by atoms with Crippen molar-refractivity contribution in [2.45, 2.75) is 46.5 Å². The molecule has 1 fully saturated rings. The average Bonchev–Trinajstić information content (AvgIpc) is 3.32. The lowest BCUT2D eigenvalue weighted by Gasteiger charge is -2.38. The first kappa shape index (κ1) is 30.4. The maximum absolute atomic E-state index is 6.04. The van der Waals surface area contributed by atoms with Crippen molar-refractivity contribution in [1.82, 2.24) is 24.7 Å². The van der Waals surface area contributed by atoms with E-state index in [0.717, 1.165) is 24.8 Å². The van der Waals surface area contributed by atoms with E-state index in [4.69, 9.17) is 19.9 Å². The maximum Gasteiger partial charge on any atom is 0.240 e. The molecule has 0 saturated heterocycles. The zero-order valence-electron chi connectivity index (χ0n) is 24.3. The van der Waals surface area contributed by atoms with E-state index >= 15 is 0 Å². The molecule has 0 aliphatic heterocycles. The summed E-state index contributed by atoms with van der Waals surface area (Å²) >= 11 is 0. The van der Waals surface area contributed by atoms with E-state index in [-0.39, 0.29) is 5.95 Å². The Balaban J connectivity index is 0.00000216. The molecule has 2 aromatic heterocycles. The summed E-state index contributed by atoms with van der Waals surface area (Å²) in [7, 11) is 3.22. The Bertz CT molecular complexity index is 1280. The van der Waals surface area contributed by atoms with Crippen molar-refractivity contribution in [3.05, 3.63) is 78.9 Å². The Morgan fingerprint density at radius 2 is 1.88 bits per heavy atom. The number of anilines is 1. The van der Waals surface area contributed by atoms with Crippen LogP contribution in [0.25, 0.3) is 5.82 Å². The van der Waals surface area contributed by atoms with Gasteiger partial charge in [0.05, 0.1) is 20.8 Å². The highest BCUT2D eigenvalue weighted by molar-refractivity contribution is 5.44. The minimum Gasteiger partial charge on any atom is -0.493 e. The number of aromatic nitrogens is 5. The molecule has 214 valence electrons. The molecule has 1 aliphatic carbocycles. The number of nitrogens with zero attached hydrogens (tertiary/aromatic N) is 5. The highest BCUT2D eigenvalue weighted by Gasteiger charge is 2.32. The zero-order chi connectivity index (χ0) is 28.9. The minimum absolute atomic E-state index is 0.168. The predicted octanol–water partition coefficient (Wildman–Crippen LogP) is 6.00. The normalized spacial score (nSPS) is 17.1. The number of benzene rings is 1. The van der Waals surface area contributed by atoms with Crippen LogP contribution in [0.3, 0.4) is 0 Å². The monoisotopic (exact) mass is 546 g/mol. The van der Waals surface area contributed by atoms with E-state index in [1.165, 1.54) is 6.33 Å². The van der Waals surface area contributed by atoms with Crippen LogP contribution < -0.4 is 19.9 Å². The minimum atomic E-state index is 0.168. The molecule has 0 amide bonds. The van der Waals surface area contributed by atoms with Crippen LogP contribution in [0.1, 0.15) is 51.4 Å². The first-order valence-electron chi connectivity index (χ1n) is 13.8. The van der Waals surface area contributed by atoms with Gasteiger partial charge in [0.15, 0.2) is 17.3 Å². The molecular weight excluding hydrogens is 504 g/mol. The summed E-state index contributed by atoms with van der Waals surface area (Å²) in [5, 5.41) is 4.35. The number of nitrogen functional groups attached to an aromatic ring is 1. The van der Waals surface area contributed by atoms with Gasteiger partial charge in [-0.25, -0.2) is 9.97 Å². The Labute approximate surface area is 237 Å². The molecule has 0 bridgehead atoms. The van der Waals surface area contributed by atoms with Crippen molar-refractivity contribution < 1.29 is 14.2 Å². The van der Waals surface area contributed by atoms with Crippen LogP contribution in [-0.4, -0.2) is 45.6 Å². The summed E-state index contributed by atoms with van der Waals surface area (Å²) < 4.78 is 18.4. The summed E-state index contributed by atoms with van der Waals surface area (Å²) in [5.74, 6) is 4.96. The number of rotatable bonds is 13. The van der Waals surface area contributed by atoms with Gasteiger partial charge in [-0.2, -0.15) is 9.67 Å². The van der Waals surface area contributed by atoms with Gasteiger partial charge in [0, 0.05) is 12.5 Å². The van der Waals surface area contributed by atoms with Crippen molar-refractivity contribution in [2.24, 2.45) is 17.8 Å². The van der Waals surface area contributed by atoms with E-state index in [1.54, 1.807) is 31.0 Å². The summed E-state index contributed by atoms with van der Waals surface area (Å²) in [5.41, 5.74) is 6.92. The van der Waals surface area contributed by atoms with Crippen molar-refractivity contribution in [2.75, 3.05) is 26.6 Å². The van der Waals surface area contributed by atoms with Gasteiger partial charge in [0.25, 0.3) is 0 Å². The molecule has 1 aromatic carbocycles. The SMILES string of the molecule is C=C/C=C\C/C=C\C(C)C1CC(COc2cc(-n3nc(N)nc3Cc3ccc(OC)c(OC)c3)ncn2)C1.CC. The fourth-order valence-electron chi connectivity index (χ4n) is 4.62. The first-order valence-corrected chi connectivity index (χ1v) is 13.8. The molecule has 3 aromatic rings. The van der Waals surface area contributed by atoms with Crippen LogP contribution in [0.4, 0.5) is 5.95 Å². The molecule has 0 radical (unpaired) electrons. The second kappa shape index (κ2) is 15.5. The lowest BCUT2D eigenvalue weighted by atomic mass is 9.69. The van der Waals surface area contributed by atoms with E-state index in [0.29, 0.717) is 59.8 Å². The fourth-order valence-corrected chi connectivity index (χ4v) is 4.62. The highest BCUT2D eigenvalue weighted by Crippen LogP contribution is 2.39. The maximum atomic E-state index is 6.04. The van der Waals surface area contributed by atoms with Gasteiger partial charge < -0.3 is 19.9 Å². The third-order valence-electron chi connectivity index (χ3n) is 6.81. The van der Waals surface area contributed by atoms with Crippen LogP contribution >= 0.6 is 0 Å². The fraction of sp³-hybridized carbons (Fsp3) is 0.419. The average molecular weight is 547 g/mol. The van der Waals surface area contributed by atoms with Gasteiger partial charge in [-0.15, -0.1) is 5.10 Å². The van der Waals surface area contributed by atoms with Gasteiger partial charge in [0.2, 0.25) is 11.8 Å². The molecule has 2 heterocycles. The molecule has 1 saturated carbocycles. The third-order valence-corrected chi connectivity index (χ3v) is 6.81. The second-order valence-corrected chi connectivity index (χ2v) is 9.47. The lowest BCUT2D eigenvalue weighted by molar-refractivity contribution is 0.0956. The van der Waals surface area contributed by atoms with Gasteiger partial charge in [-0.1, -0.05) is 63.8 Å². The summed E-state index contributed by atoms with van der Waals surface area (Å²) in [4.78, 5) is 13.1. The second-order valence-electron chi connectivity index (χ2n) is 9.47. The first-order chi connectivity index (χ1) is 19.5. The molecule has 9 nitrogen and oxygen atoms in total. The van der Waals surface area contributed by atoms with E-state index in [9.17, 15) is 0 Å². The van der Waals surface area contributed by atoms with Crippen LogP contribution in [0.2, 0.25) is 0 Å². The molecule has 1 aliphatic rings. The number of hydrogen-bond acceptors (Lipinski definition) is 8. The summed E-state index contributed by atoms with van der Waals surface area (Å²) in [6.45, 7) is 10.6.